The molecule has 11 heteroatoms. The molecular formula is C22H17ClN4O5S. The van der Waals surface area contributed by atoms with E-state index >= 15 is 0 Å². The summed E-state index contributed by atoms with van der Waals surface area (Å²) in [4.78, 5) is 12.7. The minimum Gasteiger partial charge on any atom is -0.497 e. The van der Waals surface area contributed by atoms with E-state index in [1.165, 1.54) is 42.5 Å². The van der Waals surface area contributed by atoms with Gasteiger partial charge in [0.25, 0.3) is 15.9 Å². The second kappa shape index (κ2) is 9.31. The molecule has 0 fully saturated rings. The molecule has 0 bridgehead atoms. The summed E-state index contributed by atoms with van der Waals surface area (Å²) < 4.78 is 38.2. The number of methoxy groups -OCH3 is 1. The zero-order valence-electron chi connectivity index (χ0n) is 17.2. The van der Waals surface area contributed by atoms with Crippen LogP contribution in [0.4, 0.5) is 11.7 Å². The third-order valence-electron chi connectivity index (χ3n) is 4.48. The van der Waals surface area contributed by atoms with Crippen LogP contribution in [0.25, 0.3) is 11.5 Å². The van der Waals surface area contributed by atoms with Crippen molar-refractivity contribution in [2.75, 3.05) is 17.1 Å². The van der Waals surface area contributed by atoms with Gasteiger partial charge in [-0.1, -0.05) is 22.8 Å². The molecule has 0 spiro atoms. The predicted octanol–water partition coefficient (Wildman–Crippen LogP) is 4.45. The monoisotopic (exact) mass is 484 g/mol. The van der Waals surface area contributed by atoms with Gasteiger partial charge >= 0.3 is 6.01 Å². The van der Waals surface area contributed by atoms with Gasteiger partial charge in [0, 0.05) is 21.8 Å². The quantitative estimate of drug-likeness (QED) is 0.397. The van der Waals surface area contributed by atoms with Crippen LogP contribution >= 0.6 is 11.6 Å². The van der Waals surface area contributed by atoms with E-state index in [1.54, 1.807) is 37.4 Å². The molecule has 0 saturated heterocycles. The van der Waals surface area contributed by atoms with Crippen LogP contribution in [0.5, 0.6) is 5.75 Å². The number of carbonyl (C=O) groups is 1. The Labute approximate surface area is 194 Å². The second-order valence-corrected chi connectivity index (χ2v) is 8.85. The summed E-state index contributed by atoms with van der Waals surface area (Å²) >= 11 is 5.81. The van der Waals surface area contributed by atoms with E-state index in [1.807, 2.05) is 0 Å². The molecule has 3 aromatic carbocycles. The van der Waals surface area contributed by atoms with Crippen molar-refractivity contribution in [1.82, 2.24) is 10.2 Å². The third-order valence-corrected chi connectivity index (χ3v) is 6.13. The third kappa shape index (κ3) is 5.30. The van der Waals surface area contributed by atoms with Crippen LogP contribution in [0.2, 0.25) is 5.02 Å². The molecule has 4 aromatic rings. The Kier molecular flexibility index (Phi) is 6.29. The maximum Gasteiger partial charge on any atom is 0.322 e. The molecule has 0 aliphatic heterocycles. The Hall–Kier alpha value is -3.89. The van der Waals surface area contributed by atoms with Crippen molar-refractivity contribution in [3.8, 4) is 17.2 Å². The van der Waals surface area contributed by atoms with E-state index in [0.717, 1.165) is 0 Å². The Balaban J connectivity index is 1.47. The van der Waals surface area contributed by atoms with Crippen molar-refractivity contribution in [3.05, 3.63) is 83.4 Å². The number of hydrogen-bond donors (Lipinski definition) is 2. The van der Waals surface area contributed by atoms with Gasteiger partial charge in [0.2, 0.25) is 5.89 Å². The van der Waals surface area contributed by atoms with Crippen LogP contribution in [0.3, 0.4) is 0 Å². The zero-order chi connectivity index (χ0) is 23.4. The van der Waals surface area contributed by atoms with E-state index in [4.69, 9.17) is 20.8 Å². The summed E-state index contributed by atoms with van der Waals surface area (Å²) in [5.41, 5.74) is 1.06. The fraction of sp³-hybridized carbons (Fsp3) is 0.0455. The summed E-state index contributed by atoms with van der Waals surface area (Å²) in [6.45, 7) is 0. The molecule has 9 nitrogen and oxygen atoms in total. The maximum atomic E-state index is 12.6. The standard InChI is InChI=1S/C22H17ClN4O5S/c1-31-18-9-5-14(6-10-18)21-25-26-22(32-21)24-20(28)15-3-2-4-17(13-15)27-33(29,30)19-11-7-16(23)8-12-19/h2-13,27H,1H3,(H,24,26,28). The van der Waals surface area contributed by atoms with Crippen molar-refractivity contribution < 1.29 is 22.4 Å². The number of nitrogens with zero attached hydrogens (tertiary/aromatic N) is 2. The van der Waals surface area contributed by atoms with Gasteiger partial charge in [0.15, 0.2) is 0 Å². The van der Waals surface area contributed by atoms with Gasteiger partial charge in [0.1, 0.15) is 5.75 Å². The van der Waals surface area contributed by atoms with Gasteiger partial charge in [0.05, 0.1) is 12.0 Å². The summed E-state index contributed by atoms with van der Waals surface area (Å²) in [6.07, 6.45) is 0. The van der Waals surface area contributed by atoms with Gasteiger partial charge in [-0.2, -0.15) is 0 Å². The molecule has 168 valence electrons. The van der Waals surface area contributed by atoms with E-state index in [-0.39, 0.29) is 28.1 Å². The number of benzene rings is 3. The molecule has 4 rings (SSSR count). The summed E-state index contributed by atoms with van der Waals surface area (Å²) in [5.74, 6) is 0.350. The lowest BCUT2D eigenvalue weighted by atomic mass is 10.2. The van der Waals surface area contributed by atoms with Gasteiger partial charge in [-0.3, -0.25) is 14.8 Å². The highest BCUT2D eigenvalue weighted by Gasteiger charge is 2.17. The van der Waals surface area contributed by atoms with E-state index in [9.17, 15) is 13.2 Å². The molecule has 0 unspecified atom stereocenters. The van der Waals surface area contributed by atoms with Crippen LogP contribution in [0, 0.1) is 0 Å². The number of rotatable bonds is 7. The highest BCUT2D eigenvalue weighted by atomic mass is 35.5. The van der Waals surface area contributed by atoms with Gasteiger partial charge in [-0.05, 0) is 66.7 Å². The number of amides is 1. The van der Waals surface area contributed by atoms with Crippen molar-refractivity contribution in [2.45, 2.75) is 4.90 Å². The van der Waals surface area contributed by atoms with Gasteiger partial charge in [-0.25, -0.2) is 8.42 Å². The van der Waals surface area contributed by atoms with Crippen LogP contribution in [0.15, 0.2) is 82.1 Å². The van der Waals surface area contributed by atoms with Crippen molar-refractivity contribution in [3.63, 3.8) is 0 Å². The van der Waals surface area contributed by atoms with Crippen molar-refractivity contribution in [2.24, 2.45) is 0 Å². The molecule has 0 atom stereocenters. The second-order valence-electron chi connectivity index (χ2n) is 6.74. The van der Waals surface area contributed by atoms with Crippen LogP contribution in [-0.2, 0) is 10.0 Å². The van der Waals surface area contributed by atoms with Crippen molar-refractivity contribution in [1.29, 1.82) is 0 Å². The average Bonchev–Trinajstić information content (AvgIpc) is 3.28. The van der Waals surface area contributed by atoms with Gasteiger partial charge < -0.3 is 9.15 Å². The molecule has 0 radical (unpaired) electrons. The van der Waals surface area contributed by atoms with Crippen LogP contribution < -0.4 is 14.8 Å². The largest absolute Gasteiger partial charge is 0.497 e. The topological polar surface area (TPSA) is 123 Å². The lowest BCUT2D eigenvalue weighted by Crippen LogP contribution is -2.15. The minimum atomic E-state index is -3.85. The number of carbonyl (C=O) groups excluding carboxylic acids is 1. The first-order chi connectivity index (χ1) is 15.8. The average molecular weight is 485 g/mol. The Morgan fingerprint density at radius 3 is 2.42 bits per heavy atom. The fourth-order valence-electron chi connectivity index (χ4n) is 2.85. The molecular weight excluding hydrogens is 468 g/mol. The first-order valence-electron chi connectivity index (χ1n) is 9.52. The number of nitrogens with one attached hydrogen (secondary N) is 2. The Bertz CT molecular complexity index is 1390. The number of ether oxygens (including phenoxy) is 1. The fourth-order valence-corrected chi connectivity index (χ4v) is 4.02. The SMILES string of the molecule is COc1ccc(-c2nnc(NC(=O)c3cccc(NS(=O)(=O)c4ccc(Cl)cc4)c3)o2)cc1. The highest BCUT2D eigenvalue weighted by Crippen LogP contribution is 2.23. The molecule has 1 heterocycles. The van der Waals surface area contributed by atoms with E-state index in [2.05, 4.69) is 20.2 Å². The maximum absolute atomic E-state index is 12.6. The number of halogens is 1. The molecule has 1 amide bonds. The number of hydrogen-bond acceptors (Lipinski definition) is 7. The lowest BCUT2D eigenvalue weighted by Gasteiger charge is -2.09. The minimum absolute atomic E-state index is 0.0404. The zero-order valence-corrected chi connectivity index (χ0v) is 18.7. The van der Waals surface area contributed by atoms with E-state index < -0.39 is 15.9 Å². The molecule has 0 aliphatic rings. The van der Waals surface area contributed by atoms with Gasteiger partial charge in [-0.15, -0.1) is 5.10 Å². The van der Waals surface area contributed by atoms with Crippen LogP contribution in [0.1, 0.15) is 10.4 Å². The smallest absolute Gasteiger partial charge is 0.322 e. The Morgan fingerprint density at radius 2 is 1.73 bits per heavy atom. The lowest BCUT2D eigenvalue weighted by molar-refractivity contribution is 0.102. The Morgan fingerprint density at radius 1 is 1.00 bits per heavy atom. The van der Waals surface area contributed by atoms with Crippen LogP contribution in [-0.4, -0.2) is 31.6 Å². The predicted molar refractivity (Wildman–Crippen MR) is 123 cm³/mol. The summed E-state index contributed by atoms with van der Waals surface area (Å²) in [5, 5.41) is 10.7. The molecule has 1 aromatic heterocycles. The first kappa shape index (κ1) is 22.3. The molecule has 0 saturated carbocycles. The summed E-state index contributed by atoms with van der Waals surface area (Å²) in [6, 6.07) is 18.6. The molecule has 2 N–H and O–H groups in total. The number of aromatic nitrogens is 2. The highest BCUT2D eigenvalue weighted by molar-refractivity contribution is 7.92. The first-order valence-corrected chi connectivity index (χ1v) is 11.4. The number of sulfonamides is 1. The van der Waals surface area contributed by atoms with E-state index in [0.29, 0.717) is 16.3 Å². The van der Waals surface area contributed by atoms with Crippen molar-refractivity contribution >= 4 is 39.2 Å². The number of anilines is 2. The molecule has 0 aliphatic carbocycles. The normalized spacial score (nSPS) is 11.1. The molecule has 33 heavy (non-hydrogen) atoms. The summed E-state index contributed by atoms with van der Waals surface area (Å²) in [7, 11) is -2.29.